The first-order valence-electron chi connectivity index (χ1n) is 5.93. The lowest BCUT2D eigenvalue weighted by Gasteiger charge is -2.29. The lowest BCUT2D eigenvalue weighted by molar-refractivity contribution is -0.385. The van der Waals surface area contributed by atoms with Gasteiger partial charge >= 0.3 is 5.97 Å². The second-order valence-electron chi connectivity index (χ2n) is 4.17. The molecule has 8 heteroatoms. The van der Waals surface area contributed by atoms with Crippen molar-refractivity contribution in [3.05, 3.63) is 32.3 Å². The molecule has 0 saturated carbocycles. The summed E-state index contributed by atoms with van der Waals surface area (Å²) in [6.45, 7) is 2.49. The van der Waals surface area contributed by atoms with E-state index >= 15 is 0 Å². The molecule has 0 spiro atoms. The number of hydrogen-bond acceptors (Lipinski definition) is 6. The molecular weight excluding hydrogens is 332 g/mol. The lowest BCUT2D eigenvalue weighted by atomic mass is 10.1. The molecule has 0 amide bonds. The van der Waals surface area contributed by atoms with Gasteiger partial charge in [-0.15, -0.1) is 0 Å². The summed E-state index contributed by atoms with van der Waals surface area (Å²) in [5.41, 5.74) is 0.391. The van der Waals surface area contributed by atoms with Gasteiger partial charge in [-0.3, -0.25) is 10.1 Å². The fourth-order valence-electron chi connectivity index (χ4n) is 2.02. The number of nitro benzene ring substituents is 1. The molecule has 1 saturated heterocycles. The molecule has 0 unspecified atom stereocenters. The summed E-state index contributed by atoms with van der Waals surface area (Å²) >= 11 is 3.32. The monoisotopic (exact) mass is 344 g/mol. The Morgan fingerprint density at radius 2 is 2.10 bits per heavy atom. The van der Waals surface area contributed by atoms with Gasteiger partial charge < -0.3 is 14.4 Å². The maximum absolute atomic E-state index is 11.7. The largest absolute Gasteiger partial charge is 0.465 e. The van der Waals surface area contributed by atoms with Crippen LogP contribution in [0.15, 0.2) is 16.6 Å². The predicted octanol–water partition coefficient (Wildman–Crippen LogP) is 1.98. The zero-order chi connectivity index (χ0) is 14.7. The molecule has 1 aliphatic rings. The van der Waals surface area contributed by atoms with Crippen LogP contribution in [-0.2, 0) is 9.47 Å². The average Bonchev–Trinajstić information content (AvgIpc) is 2.47. The molecule has 1 fully saturated rings. The highest BCUT2D eigenvalue weighted by Crippen LogP contribution is 2.34. The number of carbonyl (C=O) groups is 1. The van der Waals surface area contributed by atoms with Crippen LogP contribution in [0.2, 0.25) is 0 Å². The van der Waals surface area contributed by atoms with E-state index in [4.69, 9.17) is 4.74 Å². The number of methoxy groups -OCH3 is 1. The molecule has 0 aliphatic carbocycles. The first-order chi connectivity index (χ1) is 9.54. The molecule has 0 aromatic heterocycles. The Hall–Kier alpha value is -1.67. The zero-order valence-electron chi connectivity index (χ0n) is 10.8. The number of halogens is 1. The molecule has 1 aromatic carbocycles. The highest BCUT2D eigenvalue weighted by Gasteiger charge is 2.25. The number of morpholine rings is 1. The Morgan fingerprint density at radius 1 is 1.45 bits per heavy atom. The van der Waals surface area contributed by atoms with Gasteiger partial charge in [0, 0.05) is 23.6 Å². The summed E-state index contributed by atoms with van der Waals surface area (Å²) in [7, 11) is 1.20. The van der Waals surface area contributed by atoms with Crippen LogP contribution < -0.4 is 4.90 Å². The van der Waals surface area contributed by atoms with Crippen molar-refractivity contribution in [1.29, 1.82) is 0 Å². The van der Waals surface area contributed by atoms with Gasteiger partial charge in [0.25, 0.3) is 5.69 Å². The van der Waals surface area contributed by atoms with E-state index in [0.29, 0.717) is 30.8 Å². The minimum absolute atomic E-state index is 0.0535. The quantitative estimate of drug-likeness (QED) is 0.473. The van der Waals surface area contributed by atoms with E-state index in [1.54, 1.807) is 0 Å². The van der Waals surface area contributed by atoms with Crippen molar-refractivity contribution in [1.82, 2.24) is 0 Å². The van der Waals surface area contributed by atoms with Crippen molar-refractivity contribution in [3.63, 3.8) is 0 Å². The van der Waals surface area contributed by atoms with Crippen LogP contribution in [0.4, 0.5) is 11.4 Å². The molecule has 0 atom stereocenters. The van der Waals surface area contributed by atoms with Crippen molar-refractivity contribution in [2.75, 3.05) is 38.3 Å². The normalized spacial score (nSPS) is 15.0. The predicted molar refractivity (Wildman–Crippen MR) is 75.2 cm³/mol. The summed E-state index contributed by atoms with van der Waals surface area (Å²) in [6, 6.07) is 2.82. The first kappa shape index (κ1) is 14.7. The van der Waals surface area contributed by atoms with Gasteiger partial charge in [-0.1, -0.05) is 0 Å². The van der Waals surface area contributed by atoms with Crippen LogP contribution in [0.25, 0.3) is 0 Å². The average molecular weight is 345 g/mol. The van der Waals surface area contributed by atoms with Gasteiger partial charge in [0.1, 0.15) is 5.56 Å². The Morgan fingerprint density at radius 3 is 2.65 bits per heavy atom. The summed E-state index contributed by atoms with van der Waals surface area (Å²) in [5.74, 6) is -0.723. The number of nitro groups is 1. The van der Waals surface area contributed by atoms with Gasteiger partial charge in [-0.2, -0.15) is 0 Å². The molecular formula is C12H13BrN2O5. The Balaban J connectivity index is 2.48. The number of nitrogens with zero attached hydrogens (tertiary/aromatic N) is 2. The number of anilines is 1. The topological polar surface area (TPSA) is 81.9 Å². The van der Waals surface area contributed by atoms with Crippen molar-refractivity contribution < 1.29 is 19.2 Å². The van der Waals surface area contributed by atoms with Crippen LogP contribution in [-0.4, -0.2) is 44.3 Å². The third-order valence-electron chi connectivity index (χ3n) is 3.02. The Labute approximate surface area is 123 Å². The zero-order valence-corrected chi connectivity index (χ0v) is 12.4. The number of hydrogen-bond donors (Lipinski definition) is 0. The number of carbonyl (C=O) groups excluding carboxylic acids is 1. The first-order valence-corrected chi connectivity index (χ1v) is 6.73. The van der Waals surface area contributed by atoms with Crippen LogP contribution in [0.5, 0.6) is 0 Å². The number of rotatable bonds is 3. The van der Waals surface area contributed by atoms with E-state index in [0.717, 1.165) is 5.69 Å². The van der Waals surface area contributed by atoms with Gasteiger partial charge in [0.2, 0.25) is 0 Å². The molecule has 1 aromatic rings. The summed E-state index contributed by atoms with van der Waals surface area (Å²) < 4.78 is 10.4. The van der Waals surface area contributed by atoms with E-state index in [1.165, 1.54) is 19.2 Å². The molecule has 0 bridgehead atoms. The fraction of sp³-hybridized carbons (Fsp3) is 0.417. The van der Waals surface area contributed by atoms with Gasteiger partial charge in [0.15, 0.2) is 0 Å². The third kappa shape index (κ3) is 2.91. The van der Waals surface area contributed by atoms with Crippen molar-refractivity contribution in [3.8, 4) is 0 Å². The lowest BCUT2D eigenvalue weighted by Crippen LogP contribution is -2.36. The van der Waals surface area contributed by atoms with Crippen LogP contribution in [0.3, 0.4) is 0 Å². The van der Waals surface area contributed by atoms with E-state index in [9.17, 15) is 14.9 Å². The number of esters is 1. The fourth-order valence-corrected chi connectivity index (χ4v) is 2.60. The molecule has 0 N–H and O–H groups in total. The summed E-state index contributed by atoms with van der Waals surface area (Å²) in [4.78, 5) is 24.1. The Kier molecular flexibility index (Phi) is 4.56. The molecule has 108 valence electrons. The minimum Gasteiger partial charge on any atom is -0.465 e. The third-order valence-corrected chi connectivity index (χ3v) is 3.65. The Bertz CT molecular complexity index is 543. The van der Waals surface area contributed by atoms with Crippen molar-refractivity contribution in [2.45, 2.75) is 0 Å². The second kappa shape index (κ2) is 6.19. The van der Waals surface area contributed by atoms with E-state index in [1.807, 2.05) is 4.90 Å². The van der Waals surface area contributed by atoms with E-state index in [2.05, 4.69) is 20.7 Å². The standard InChI is InChI=1S/C12H13BrN2O5/c1-19-12(16)8-6-11(14-2-4-20-5-3-14)9(13)7-10(8)15(17)18/h6-7H,2-5H2,1H3. The van der Waals surface area contributed by atoms with E-state index in [-0.39, 0.29) is 11.3 Å². The van der Waals surface area contributed by atoms with Crippen LogP contribution in [0, 0.1) is 10.1 Å². The minimum atomic E-state index is -0.723. The van der Waals surface area contributed by atoms with Crippen LogP contribution >= 0.6 is 15.9 Å². The number of benzene rings is 1. The number of ether oxygens (including phenoxy) is 2. The maximum atomic E-state index is 11.7. The highest BCUT2D eigenvalue weighted by atomic mass is 79.9. The maximum Gasteiger partial charge on any atom is 0.344 e. The highest BCUT2D eigenvalue weighted by molar-refractivity contribution is 9.10. The molecule has 20 heavy (non-hydrogen) atoms. The molecule has 7 nitrogen and oxygen atoms in total. The van der Waals surface area contributed by atoms with Gasteiger partial charge in [-0.25, -0.2) is 4.79 Å². The van der Waals surface area contributed by atoms with Gasteiger partial charge in [-0.05, 0) is 22.0 Å². The molecule has 2 rings (SSSR count). The summed E-state index contributed by atoms with van der Waals surface area (Å²) in [6.07, 6.45) is 0. The second-order valence-corrected chi connectivity index (χ2v) is 5.02. The summed E-state index contributed by atoms with van der Waals surface area (Å²) in [5, 5.41) is 11.0. The van der Waals surface area contributed by atoms with E-state index < -0.39 is 10.9 Å². The van der Waals surface area contributed by atoms with Crippen molar-refractivity contribution in [2.24, 2.45) is 0 Å². The van der Waals surface area contributed by atoms with Crippen molar-refractivity contribution >= 4 is 33.3 Å². The van der Waals surface area contributed by atoms with Crippen LogP contribution in [0.1, 0.15) is 10.4 Å². The smallest absolute Gasteiger partial charge is 0.344 e. The molecule has 1 aliphatic heterocycles. The molecule has 0 radical (unpaired) electrons. The molecule has 1 heterocycles. The SMILES string of the molecule is COC(=O)c1cc(N2CCOCC2)c(Br)cc1[N+](=O)[O-]. The van der Waals surface area contributed by atoms with Gasteiger partial charge in [0.05, 0.1) is 30.9 Å².